The number of aliphatic carboxylic acids is 1. The Bertz CT molecular complexity index is 405. The van der Waals surface area contributed by atoms with Gasteiger partial charge in [0, 0.05) is 26.2 Å². The number of hydrogen-bond acceptors (Lipinski definition) is 2. The quantitative estimate of drug-likeness (QED) is 0.720. The Morgan fingerprint density at radius 2 is 2.06 bits per heavy atom. The number of urea groups is 1. The highest BCUT2D eigenvalue weighted by Gasteiger charge is 2.43. The molecule has 0 aromatic heterocycles. The van der Waals surface area contributed by atoms with E-state index in [1.54, 1.807) is 16.7 Å². The fourth-order valence-electron chi connectivity index (χ4n) is 2.44. The molecule has 1 saturated heterocycles. The lowest BCUT2D eigenvalue weighted by molar-refractivity contribution is -0.147. The Labute approximate surface area is 107 Å². The summed E-state index contributed by atoms with van der Waals surface area (Å²) in [6.07, 6.45) is 3.51. The highest BCUT2D eigenvalue weighted by Crippen LogP contribution is 2.31. The maximum atomic E-state index is 12.2. The fraction of sp³-hybridized carbons (Fsp3) is 0.692. The van der Waals surface area contributed by atoms with Gasteiger partial charge in [-0.1, -0.05) is 11.6 Å². The topological polar surface area (TPSA) is 60.9 Å². The van der Waals surface area contributed by atoms with Gasteiger partial charge in [0.05, 0.1) is 5.41 Å². The third kappa shape index (κ3) is 2.35. The molecule has 2 rings (SSSR count). The highest BCUT2D eigenvalue weighted by molar-refractivity contribution is 5.79. The van der Waals surface area contributed by atoms with E-state index in [0.717, 1.165) is 13.0 Å². The van der Waals surface area contributed by atoms with Crippen LogP contribution in [-0.2, 0) is 4.79 Å². The van der Waals surface area contributed by atoms with Crippen LogP contribution in [0.3, 0.4) is 0 Å². The van der Waals surface area contributed by atoms with Crippen molar-refractivity contribution < 1.29 is 14.7 Å². The maximum absolute atomic E-state index is 12.2. The van der Waals surface area contributed by atoms with Crippen LogP contribution in [0, 0.1) is 5.41 Å². The molecular formula is C13H20N2O3. The summed E-state index contributed by atoms with van der Waals surface area (Å²) >= 11 is 0. The van der Waals surface area contributed by atoms with Gasteiger partial charge in [0.25, 0.3) is 0 Å². The predicted octanol–water partition coefficient (Wildman–Crippen LogP) is 1.56. The first kappa shape index (κ1) is 12.9. The van der Waals surface area contributed by atoms with E-state index in [-0.39, 0.29) is 6.03 Å². The van der Waals surface area contributed by atoms with E-state index in [2.05, 4.69) is 13.0 Å². The zero-order chi connectivity index (χ0) is 13.3. The summed E-state index contributed by atoms with van der Waals surface area (Å²) in [4.78, 5) is 26.9. The first-order valence-corrected chi connectivity index (χ1v) is 6.35. The first-order valence-electron chi connectivity index (χ1n) is 6.35. The molecule has 0 radical (unpaired) electrons. The minimum Gasteiger partial charge on any atom is -0.481 e. The number of amides is 2. The molecule has 1 fully saturated rings. The summed E-state index contributed by atoms with van der Waals surface area (Å²) in [5.41, 5.74) is 0.535. The third-order valence-electron chi connectivity index (χ3n) is 3.97. The SMILES string of the molecule is CC1=CCN(C(=O)N2CCC(C)(C(=O)O)C2)CC1. The zero-order valence-electron chi connectivity index (χ0n) is 11.0. The summed E-state index contributed by atoms with van der Waals surface area (Å²) in [7, 11) is 0. The van der Waals surface area contributed by atoms with Crippen molar-refractivity contribution in [1.82, 2.24) is 9.80 Å². The van der Waals surface area contributed by atoms with Crippen LogP contribution in [0.5, 0.6) is 0 Å². The number of carboxylic acids is 1. The second-order valence-electron chi connectivity index (χ2n) is 5.57. The number of hydrogen-bond donors (Lipinski definition) is 1. The molecule has 1 atom stereocenters. The number of carbonyl (C=O) groups excluding carboxylic acids is 1. The molecule has 5 heteroatoms. The van der Waals surface area contributed by atoms with Gasteiger partial charge >= 0.3 is 12.0 Å². The van der Waals surface area contributed by atoms with Crippen molar-refractivity contribution in [3.05, 3.63) is 11.6 Å². The Morgan fingerprint density at radius 1 is 1.33 bits per heavy atom. The summed E-state index contributed by atoms with van der Waals surface area (Å²) in [5.74, 6) is -0.813. The second kappa shape index (κ2) is 4.63. The molecule has 0 saturated carbocycles. The van der Waals surface area contributed by atoms with E-state index in [4.69, 9.17) is 5.11 Å². The highest BCUT2D eigenvalue weighted by atomic mass is 16.4. The Balaban J connectivity index is 1.98. The molecule has 2 heterocycles. The largest absolute Gasteiger partial charge is 0.481 e. The minimum absolute atomic E-state index is 0.0243. The van der Waals surface area contributed by atoms with Gasteiger partial charge in [0.2, 0.25) is 0 Å². The van der Waals surface area contributed by atoms with Crippen LogP contribution in [0.25, 0.3) is 0 Å². The lowest BCUT2D eigenvalue weighted by atomic mass is 9.90. The van der Waals surface area contributed by atoms with Crippen molar-refractivity contribution in [1.29, 1.82) is 0 Å². The number of carboxylic acid groups (broad SMARTS) is 1. The Hall–Kier alpha value is -1.52. The minimum atomic E-state index is -0.813. The molecule has 2 amide bonds. The van der Waals surface area contributed by atoms with Crippen LogP contribution in [0.2, 0.25) is 0 Å². The van der Waals surface area contributed by atoms with Gasteiger partial charge in [0.1, 0.15) is 0 Å². The Morgan fingerprint density at radius 3 is 2.56 bits per heavy atom. The molecule has 2 aliphatic rings. The van der Waals surface area contributed by atoms with Crippen LogP contribution in [0.4, 0.5) is 4.79 Å². The van der Waals surface area contributed by atoms with Gasteiger partial charge in [-0.2, -0.15) is 0 Å². The average molecular weight is 252 g/mol. The summed E-state index contributed by atoms with van der Waals surface area (Å²) in [6, 6.07) is -0.0243. The van der Waals surface area contributed by atoms with Crippen LogP contribution in [0.15, 0.2) is 11.6 Å². The molecule has 100 valence electrons. The zero-order valence-corrected chi connectivity index (χ0v) is 11.0. The molecular weight excluding hydrogens is 232 g/mol. The van der Waals surface area contributed by atoms with E-state index < -0.39 is 11.4 Å². The number of rotatable bonds is 1. The fourth-order valence-corrected chi connectivity index (χ4v) is 2.44. The molecule has 1 N–H and O–H groups in total. The molecule has 0 aliphatic carbocycles. The lowest BCUT2D eigenvalue weighted by Gasteiger charge is -2.30. The molecule has 0 bridgehead atoms. The van der Waals surface area contributed by atoms with Crippen molar-refractivity contribution in [3.8, 4) is 0 Å². The summed E-state index contributed by atoms with van der Waals surface area (Å²) in [5, 5.41) is 9.16. The van der Waals surface area contributed by atoms with Gasteiger partial charge < -0.3 is 14.9 Å². The van der Waals surface area contributed by atoms with Crippen LogP contribution in [0.1, 0.15) is 26.7 Å². The second-order valence-corrected chi connectivity index (χ2v) is 5.57. The van der Waals surface area contributed by atoms with E-state index in [1.165, 1.54) is 5.57 Å². The predicted molar refractivity (Wildman–Crippen MR) is 67.3 cm³/mol. The van der Waals surface area contributed by atoms with Crippen LogP contribution in [-0.4, -0.2) is 53.1 Å². The average Bonchev–Trinajstić information content (AvgIpc) is 2.73. The molecule has 0 aromatic carbocycles. The maximum Gasteiger partial charge on any atom is 0.320 e. The van der Waals surface area contributed by atoms with Crippen molar-refractivity contribution in [2.75, 3.05) is 26.2 Å². The van der Waals surface area contributed by atoms with Crippen molar-refractivity contribution in [3.63, 3.8) is 0 Å². The molecule has 1 unspecified atom stereocenters. The monoisotopic (exact) mass is 252 g/mol. The smallest absolute Gasteiger partial charge is 0.320 e. The first-order chi connectivity index (χ1) is 8.42. The van der Waals surface area contributed by atoms with Gasteiger partial charge in [-0.05, 0) is 26.7 Å². The van der Waals surface area contributed by atoms with Crippen LogP contribution < -0.4 is 0 Å². The summed E-state index contributed by atoms with van der Waals surface area (Å²) < 4.78 is 0. The molecule has 18 heavy (non-hydrogen) atoms. The Kier molecular flexibility index (Phi) is 3.32. The molecule has 0 spiro atoms. The molecule has 5 nitrogen and oxygen atoms in total. The van der Waals surface area contributed by atoms with E-state index in [1.807, 2.05) is 0 Å². The number of carbonyl (C=O) groups is 2. The van der Waals surface area contributed by atoms with Crippen molar-refractivity contribution in [2.45, 2.75) is 26.7 Å². The van der Waals surface area contributed by atoms with Crippen LogP contribution >= 0.6 is 0 Å². The number of likely N-dealkylation sites (tertiary alicyclic amines) is 1. The number of nitrogens with zero attached hydrogens (tertiary/aromatic N) is 2. The van der Waals surface area contributed by atoms with Gasteiger partial charge in [-0.15, -0.1) is 0 Å². The van der Waals surface area contributed by atoms with E-state index >= 15 is 0 Å². The molecule has 2 aliphatic heterocycles. The van der Waals surface area contributed by atoms with Gasteiger partial charge in [-0.25, -0.2) is 4.79 Å². The lowest BCUT2D eigenvalue weighted by Crippen LogP contribution is -2.45. The van der Waals surface area contributed by atoms with E-state index in [9.17, 15) is 9.59 Å². The third-order valence-corrected chi connectivity index (χ3v) is 3.97. The van der Waals surface area contributed by atoms with Crippen molar-refractivity contribution in [2.24, 2.45) is 5.41 Å². The molecule has 0 aromatic rings. The van der Waals surface area contributed by atoms with E-state index in [0.29, 0.717) is 26.1 Å². The van der Waals surface area contributed by atoms with Gasteiger partial charge in [-0.3, -0.25) is 4.79 Å². The standard InChI is InChI=1S/C13H20N2O3/c1-10-3-6-14(7-4-10)12(18)15-8-5-13(2,9-15)11(16)17/h3H,4-9H2,1-2H3,(H,16,17). The van der Waals surface area contributed by atoms with Gasteiger partial charge in [0.15, 0.2) is 0 Å². The van der Waals surface area contributed by atoms with Crippen molar-refractivity contribution >= 4 is 12.0 Å². The normalized spacial score (nSPS) is 28.2. The summed E-state index contributed by atoms with van der Waals surface area (Å²) in [6.45, 7) is 6.02.